The first-order chi connectivity index (χ1) is 14.5. The fourth-order valence-electron chi connectivity index (χ4n) is 2.82. The fourth-order valence-corrected chi connectivity index (χ4v) is 3.61. The SMILES string of the molecule is CC(=O)Nc1ccc(-c2nc(SCc3ccc4nonc4c3)nc(N)c2C#N)cc1. The van der Waals surface area contributed by atoms with Crippen LogP contribution in [0.2, 0.25) is 0 Å². The second kappa shape index (κ2) is 8.18. The van der Waals surface area contributed by atoms with Crippen LogP contribution in [0.4, 0.5) is 11.5 Å². The summed E-state index contributed by atoms with van der Waals surface area (Å²) >= 11 is 1.39. The molecule has 0 radical (unpaired) electrons. The zero-order valence-electron chi connectivity index (χ0n) is 15.8. The van der Waals surface area contributed by atoms with Crippen molar-refractivity contribution in [3.63, 3.8) is 0 Å². The van der Waals surface area contributed by atoms with Gasteiger partial charge < -0.3 is 11.1 Å². The summed E-state index contributed by atoms with van der Waals surface area (Å²) in [5, 5.41) is 20.3. The Labute approximate surface area is 175 Å². The van der Waals surface area contributed by atoms with Crippen LogP contribution in [-0.4, -0.2) is 26.2 Å². The number of carbonyl (C=O) groups excluding carboxylic acids is 1. The zero-order valence-corrected chi connectivity index (χ0v) is 16.6. The van der Waals surface area contributed by atoms with E-state index in [1.807, 2.05) is 18.2 Å². The van der Waals surface area contributed by atoms with E-state index in [0.717, 1.165) is 5.56 Å². The van der Waals surface area contributed by atoms with E-state index < -0.39 is 0 Å². The maximum absolute atomic E-state index is 11.2. The van der Waals surface area contributed by atoms with Gasteiger partial charge in [0, 0.05) is 23.9 Å². The molecule has 0 saturated heterocycles. The second-order valence-corrected chi connectivity index (χ2v) is 7.30. The first-order valence-corrected chi connectivity index (χ1v) is 9.81. The molecule has 0 aliphatic carbocycles. The van der Waals surface area contributed by atoms with Gasteiger partial charge in [0.15, 0.2) is 5.16 Å². The zero-order chi connectivity index (χ0) is 21.1. The lowest BCUT2D eigenvalue weighted by Crippen LogP contribution is -2.05. The minimum Gasteiger partial charge on any atom is -0.382 e. The molecule has 0 saturated carbocycles. The average molecular weight is 417 g/mol. The van der Waals surface area contributed by atoms with Gasteiger partial charge in [-0.25, -0.2) is 14.6 Å². The smallest absolute Gasteiger partial charge is 0.221 e. The molecule has 4 rings (SSSR count). The highest BCUT2D eigenvalue weighted by Crippen LogP contribution is 2.30. The first-order valence-electron chi connectivity index (χ1n) is 8.83. The highest BCUT2D eigenvalue weighted by Gasteiger charge is 2.15. The number of benzene rings is 2. The number of nitriles is 1. The van der Waals surface area contributed by atoms with Crippen LogP contribution >= 0.6 is 11.8 Å². The van der Waals surface area contributed by atoms with E-state index in [4.69, 9.17) is 10.4 Å². The molecule has 0 atom stereocenters. The molecule has 9 nitrogen and oxygen atoms in total. The van der Waals surface area contributed by atoms with E-state index in [1.165, 1.54) is 18.7 Å². The third-order valence-electron chi connectivity index (χ3n) is 4.19. The number of nitrogens with two attached hydrogens (primary N) is 1. The summed E-state index contributed by atoms with van der Waals surface area (Å²) in [6.45, 7) is 1.44. The number of nitrogens with one attached hydrogen (secondary N) is 1. The van der Waals surface area contributed by atoms with Crippen LogP contribution < -0.4 is 11.1 Å². The summed E-state index contributed by atoms with van der Waals surface area (Å²) in [4.78, 5) is 20.0. The molecular weight excluding hydrogens is 402 g/mol. The van der Waals surface area contributed by atoms with Crippen LogP contribution in [0.5, 0.6) is 0 Å². The molecule has 0 aliphatic heterocycles. The Balaban J connectivity index is 1.61. The molecule has 2 aromatic carbocycles. The lowest BCUT2D eigenvalue weighted by atomic mass is 10.1. The van der Waals surface area contributed by atoms with Gasteiger partial charge in [-0.1, -0.05) is 30.0 Å². The minimum absolute atomic E-state index is 0.118. The predicted octanol–water partition coefficient (Wildman–Crippen LogP) is 3.38. The number of anilines is 2. The van der Waals surface area contributed by atoms with Crippen molar-refractivity contribution in [2.24, 2.45) is 0 Å². The van der Waals surface area contributed by atoms with Gasteiger partial charge in [0.2, 0.25) is 5.91 Å². The van der Waals surface area contributed by atoms with E-state index in [-0.39, 0.29) is 17.3 Å². The maximum Gasteiger partial charge on any atom is 0.221 e. The molecular formula is C20H15N7O2S. The van der Waals surface area contributed by atoms with Crippen LogP contribution in [0.3, 0.4) is 0 Å². The standard InChI is InChI=1S/C20H15N7O2S/c1-11(28)23-14-5-3-13(4-6-14)18-15(9-21)19(22)25-20(24-18)30-10-12-2-7-16-17(8-12)27-29-26-16/h2-8H,10H2,1H3,(H,23,28)(H2,22,24,25). The molecule has 3 N–H and O–H groups in total. The van der Waals surface area contributed by atoms with Crippen molar-refractivity contribution in [2.45, 2.75) is 17.8 Å². The summed E-state index contributed by atoms with van der Waals surface area (Å²) in [5.74, 6) is 0.534. The number of hydrogen-bond donors (Lipinski definition) is 2. The molecule has 2 aromatic heterocycles. The summed E-state index contributed by atoms with van der Waals surface area (Å²) in [7, 11) is 0. The van der Waals surface area contributed by atoms with Crippen molar-refractivity contribution in [3.05, 3.63) is 53.6 Å². The normalized spacial score (nSPS) is 10.7. The Bertz CT molecular complexity index is 1280. The molecule has 2 heterocycles. The highest BCUT2D eigenvalue weighted by atomic mass is 32.2. The number of nitrogens with zero attached hydrogens (tertiary/aromatic N) is 5. The van der Waals surface area contributed by atoms with Gasteiger partial charge in [0.25, 0.3) is 0 Å². The molecule has 0 aliphatic rings. The topological polar surface area (TPSA) is 144 Å². The van der Waals surface area contributed by atoms with Crippen LogP contribution in [-0.2, 0) is 10.5 Å². The second-order valence-electron chi connectivity index (χ2n) is 6.36. The molecule has 0 unspecified atom stereocenters. The molecule has 148 valence electrons. The van der Waals surface area contributed by atoms with E-state index in [9.17, 15) is 10.1 Å². The lowest BCUT2D eigenvalue weighted by molar-refractivity contribution is -0.114. The van der Waals surface area contributed by atoms with Crippen molar-refractivity contribution in [2.75, 3.05) is 11.1 Å². The number of nitrogen functional groups attached to an aromatic ring is 1. The molecule has 4 aromatic rings. The van der Waals surface area contributed by atoms with Crippen LogP contribution in [0, 0.1) is 11.3 Å². The molecule has 0 fully saturated rings. The monoisotopic (exact) mass is 417 g/mol. The average Bonchev–Trinajstić information content (AvgIpc) is 3.20. The van der Waals surface area contributed by atoms with Crippen LogP contribution in [0.25, 0.3) is 22.3 Å². The van der Waals surface area contributed by atoms with Crippen LogP contribution in [0.1, 0.15) is 18.1 Å². The third-order valence-corrected chi connectivity index (χ3v) is 5.11. The summed E-state index contributed by atoms with van der Waals surface area (Å²) in [5.41, 5.74) is 10.4. The Morgan fingerprint density at radius 3 is 2.67 bits per heavy atom. The number of carbonyl (C=O) groups is 1. The molecule has 1 amide bonds. The predicted molar refractivity (Wildman–Crippen MR) is 112 cm³/mol. The van der Waals surface area contributed by atoms with Gasteiger partial charge in [-0.05, 0) is 40.1 Å². The number of hydrogen-bond acceptors (Lipinski definition) is 9. The van der Waals surface area contributed by atoms with Gasteiger partial charge >= 0.3 is 0 Å². The quantitative estimate of drug-likeness (QED) is 0.369. The summed E-state index contributed by atoms with van der Waals surface area (Å²) < 4.78 is 4.72. The first kappa shape index (κ1) is 19.4. The van der Waals surface area contributed by atoms with Crippen molar-refractivity contribution in [3.8, 4) is 17.3 Å². The minimum atomic E-state index is -0.162. The lowest BCUT2D eigenvalue weighted by Gasteiger charge is -2.09. The van der Waals surface area contributed by atoms with E-state index in [1.54, 1.807) is 24.3 Å². The van der Waals surface area contributed by atoms with E-state index >= 15 is 0 Å². The number of thioether (sulfide) groups is 1. The number of fused-ring (bicyclic) bond motifs is 1. The largest absolute Gasteiger partial charge is 0.382 e. The number of aromatic nitrogens is 4. The highest BCUT2D eigenvalue weighted by molar-refractivity contribution is 7.98. The van der Waals surface area contributed by atoms with Crippen LogP contribution in [0.15, 0.2) is 52.3 Å². The van der Waals surface area contributed by atoms with Crippen molar-refractivity contribution in [1.82, 2.24) is 20.3 Å². The molecule has 10 heteroatoms. The van der Waals surface area contributed by atoms with Crippen molar-refractivity contribution < 1.29 is 9.42 Å². The molecule has 30 heavy (non-hydrogen) atoms. The van der Waals surface area contributed by atoms with Gasteiger partial charge in [-0.2, -0.15) is 5.26 Å². The number of rotatable bonds is 5. The Kier molecular flexibility index (Phi) is 5.28. The van der Waals surface area contributed by atoms with Gasteiger partial charge in [-0.3, -0.25) is 4.79 Å². The van der Waals surface area contributed by atoms with Gasteiger partial charge in [0.1, 0.15) is 28.5 Å². The third kappa shape index (κ3) is 4.06. The fraction of sp³-hybridized carbons (Fsp3) is 0.100. The Morgan fingerprint density at radius 1 is 1.17 bits per heavy atom. The van der Waals surface area contributed by atoms with E-state index in [0.29, 0.717) is 38.9 Å². The summed E-state index contributed by atoms with van der Waals surface area (Å²) in [6, 6.07) is 14.7. The summed E-state index contributed by atoms with van der Waals surface area (Å²) in [6.07, 6.45) is 0. The van der Waals surface area contributed by atoms with E-state index in [2.05, 4.69) is 31.7 Å². The Hall–Kier alpha value is -3.97. The van der Waals surface area contributed by atoms with Crippen molar-refractivity contribution >= 4 is 40.2 Å². The maximum atomic E-state index is 11.2. The van der Waals surface area contributed by atoms with Gasteiger partial charge in [0.05, 0.1) is 5.69 Å². The number of amides is 1. The van der Waals surface area contributed by atoms with Gasteiger partial charge in [-0.15, -0.1) is 0 Å². The Morgan fingerprint density at radius 2 is 1.93 bits per heavy atom. The van der Waals surface area contributed by atoms with Crippen molar-refractivity contribution in [1.29, 1.82) is 5.26 Å². The molecule has 0 spiro atoms. The molecule has 0 bridgehead atoms.